The number of nitrogens with one attached hydrogen (secondary N) is 1. The topological polar surface area (TPSA) is 90.5 Å². The Kier molecular flexibility index (Phi) is 3.72. The van der Waals surface area contributed by atoms with Gasteiger partial charge in [0.2, 0.25) is 0 Å². The molecule has 124 valence electrons. The van der Waals surface area contributed by atoms with Crippen LogP contribution in [0.15, 0.2) is 35.6 Å². The zero-order valence-corrected chi connectivity index (χ0v) is 13.5. The van der Waals surface area contributed by atoms with Crippen LogP contribution in [0.25, 0.3) is 11.0 Å². The molecule has 1 fully saturated rings. The van der Waals surface area contributed by atoms with E-state index in [1.807, 2.05) is 13.2 Å². The van der Waals surface area contributed by atoms with Crippen molar-refractivity contribution >= 4 is 16.9 Å². The number of aryl methyl sites for hydroxylation is 1. The molecule has 0 aromatic carbocycles. The maximum atomic E-state index is 11.9. The van der Waals surface area contributed by atoms with Crippen LogP contribution < -0.4 is 10.9 Å². The van der Waals surface area contributed by atoms with E-state index in [0.29, 0.717) is 11.7 Å². The maximum Gasteiger partial charge on any atom is 0.266 e. The van der Waals surface area contributed by atoms with E-state index >= 15 is 0 Å². The molecule has 0 amide bonds. The van der Waals surface area contributed by atoms with Crippen LogP contribution in [0.2, 0.25) is 0 Å². The fourth-order valence-corrected chi connectivity index (χ4v) is 3.37. The summed E-state index contributed by atoms with van der Waals surface area (Å²) in [4.78, 5) is 20.4. The Hall–Kier alpha value is -2.77. The molecule has 0 spiro atoms. The minimum Gasteiger partial charge on any atom is -0.367 e. The van der Waals surface area contributed by atoms with E-state index in [1.165, 1.54) is 6.33 Å². The zero-order chi connectivity index (χ0) is 16.5. The molecule has 4 rings (SSSR count). The van der Waals surface area contributed by atoms with Gasteiger partial charge < -0.3 is 5.32 Å². The molecule has 8 heteroatoms. The summed E-state index contributed by atoms with van der Waals surface area (Å²) in [5.41, 5.74) is 0.672. The number of hydrogen-bond donors (Lipinski definition) is 1. The minimum absolute atomic E-state index is 0.0261. The molecular formula is C16H19N7O. The summed E-state index contributed by atoms with van der Waals surface area (Å²) in [5, 5.41) is 13.0. The molecular weight excluding hydrogens is 306 g/mol. The summed E-state index contributed by atoms with van der Waals surface area (Å²) < 4.78 is 3.36. The molecule has 0 radical (unpaired) electrons. The first-order valence-corrected chi connectivity index (χ1v) is 8.15. The first-order chi connectivity index (χ1) is 11.7. The SMILES string of the molecule is Cn1cc2c(NC3CCC(n4ncccc4=O)CC3)ncnc2n1. The van der Waals surface area contributed by atoms with Gasteiger partial charge in [-0.25, -0.2) is 14.6 Å². The molecule has 0 unspecified atom stereocenters. The molecule has 0 atom stereocenters. The number of anilines is 1. The fraction of sp³-hybridized carbons (Fsp3) is 0.438. The fourth-order valence-electron chi connectivity index (χ4n) is 3.37. The van der Waals surface area contributed by atoms with Gasteiger partial charge in [0.05, 0.1) is 11.4 Å². The predicted octanol–water partition coefficient (Wildman–Crippen LogP) is 1.52. The molecule has 8 nitrogen and oxygen atoms in total. The average molecular weight is 325 g/mol. The highest BCUT2D eigenvalue weighted by atomic mass is 16.1. The maximum absolute atomic E-state index is 11.9. The van der Waals surface area contributed by atoms with E-state index in [4.69, 9.17) is 0 Å². The van der Waals surface area contributed by atoms with E-state index < -0.39 is 0 Å². The Morgan fingerprint density at radius 1 is 1.21 bits per heavy atom. The molecule has 3 aromatic rings. The summed E-state index contributed by atoms with van der Waals surface area (Å²) >= 11 is 0. The lowest BCUT2D eigenvalue weighted by molar-refractivity contribution is 0.303. The van der Waals surface area contributed by atoms with E-state index in [2.05, 4.69) is 25.5 Å². The van der Waals surface area contributed by atoms with Gasteiger partial charge in [-0.1, -0.05) is 0 Å². The molecule has 0 saturated heterocycles. The third-order valence-corrected chi connectivity index (χ3v) is 4.56. The van der Waals surface area contributed by atoms with Crippen molar-refractivity contribution in [1.82, 2.24) is 29.5 Å². The van der Waals surface area contributed by atoms with Gasteiger partial charge in [-0.2, -0.15) is 10.2 Å². The normalized spacial score (nSPS) is 21.0. The summed E-state index contributed by atoms with van der Waals surface area (Å²) in [7, 11) is 1.88. The number of fused-ring (bicyclic) bond motifs is 1. The van der Waals surface area contributed by atoms with Gasteiger partial charge in [-0.15, -0.1) is 0 Å². The highest BCUT2D eigenvalue weighted by molar-refractivity contribution is 5.85. The van der Waals surface area contributed by atoms with Gasteiger partial charge in [0.1, 0.15) is 12.1 Å². The van der Waals surface area contributed by atoms with E-state index in [9.17, 15) is 4.79 Å². The lowest BCUT2D eigenvalue weighted by atomic mass is 9.91. The molecule has 1 aliphatic rings. The Balaban J connectivity index is 1.46. The summed E-state index contributed by atoms with van der Waals surface area (Å²) in [6, 6.07) is 3.76. The van der Waals surface area contributed by atoms with Gasteiger partial charge in [-0.3, -0.25) is 9.48 Å². The van der Waals surface area contributed by atoms with Crippen molar-refractivity contribution in [1.29, 1.82) is 0 Å². The summed E-state index contributed by atoms with van der Waals surface area (Å²) in [5.74, 6) is 0.826. The van der Waals surface area contributed by atoms with Crippen molar-refractivity contribution < 1.29 is 0 Å². The van der Waals surface area contributed by atoms with Crippen molar-refractivity contribution in [3.8, 4) is 0 Å². The third kappa shape index (κ3) is 2.75. The highest BCUT2D eigenvalue weighted by Crippen LogP contribution is 2.29. The average Bonchev–Trinajstić information content (AvgIpc) is 2.98. The lowest BCUT2D eigenvalue weighted by Gasteiger charge is -2.29. The molecule has 0 bridgehead atoms. The molecule has 3 heterocycles. The number of rotatable bonds is 3. The predicted molar refractivity (Wildman–Crippen MR) is 89.7 cm³/mol. The third-order valence-electron chi connectivity index (χ3n) is 4.56. The smallest absolute Gasteiger partial charge is 0.266 e. The van der Waals surface area contributed by atoms with E-state index in [0.717, 1.165) is 36.9 Å². The molecule has 24 heavy (non-hydrogen) atoms. The second-order valence-electron chi connectivity index (χ2n) is 6.22. The Morgan fingerprint density at radius 2 is 2.04 bits per heavy atom. The highest BCUT2D eigenvalue weighted by Gasteiger charge is 2.24. The van der Waals surface area contributed by atoms with Crippen LogP contribution in [0.4, 0.5) is 5.82 Å². The van der Waals surface area contributed by atoms with Crippen LogP contribution in [-0.2, 0) is 7.05 Å². The first-order valence-electron chi connectivity index (χ1n) is 8.15. The van der Waals surface area contributed by atoms with Crippen LogP contribution in [-0.4, -0.2) is 35.6 Å². The van der Waals surface area contributed by atoms with Gasteiger partial charge in [0.15, 0.2) is 5.65 Å². The number of hydrogen-bond acceptors (Lipinski definition) is 6. The van der Waals surface area contributed by atoms with Crippen molar-refractivity contribution in [2.75, 3.05) is 5.32 Å². The molecule has 1 N–H and O–H groups in total. The van der Waals surface area contributed by atoms with E-state index in [-0.39, 0.29) is 11.6 Å². The largest absolute Gasteiger partial charge is 0.367 e. The van der Waals surface area contributed by atoms with Gasteiger partial charge in [-0.05, 0) is 31.7 Å². The van der Waals surface area contributed by atoms with Crippen LogP contribution in [0, 0.1) is 0 Å². The molecule has 0 aliphatic heterocycles. The quantitative estimate of drug-likeness (QED) is 0.785. The van der Waals surface area contributed by atoms with Gasteiger partial charge >= 0.3 is 0 Å². The second-order valence-corrected chi connectivity index (χ2v) is 6.22. The standard InChI is InChI=1S/C16H19N7O/c1-22-9-13-15(17-10-18-16(13)21-22)20-11-4-6-12(7-5-11)23-14(24)3-2-8-19-23/h2-3,8-12H,4-7H2,1H3,(H,17,18,20,21). The zero-order valence-electron chi connectivity index (χ0n) is 13.5. The van der Waals surface area contributed by atoms with E-state index in [1.54, 1.807) is 27.7 Å². The minimum atomic E-state index is -0.0261. The lowest BCUT2D eigenvalue weighted by Crippen LogP contribution is -2.33. The molecule has 1 saturated carbocycles. The van der Waals surface area contributed by atoms with Gasteiger partial charge in [0, 0.05) is 31.5 Å². The first kappa shape index (κ1) is 14.8. The Labute approximate surface area is 138 Å². The van der Waals surface area contributed by atoms with Crippen LogP contribution >= 0.6 is 0 Å². The van der Waals surface area contributed by atoms with Crippen LogP contribution in [0.1, 0.15) is 31.7 Å². The Bertz CT molecular complexity index is 908. The van der Waals surface area contributed by atoms with Crippen molar-refractivity contribution in [3.05, 3.63) is 41.2 Å². The van der Waals surface area contributed by atoms with Crippen molar-refractivity contribution in [2.45, 2.75) is 37.8 Å². The molecule has 3 aromatic heterocycles. The number of aromatic nitrogens is 6. The van der Waals surface area contributed by atoms with Crippen LogP contribution in [0.5, 0.6) is 0 Å². The molecule has 1 aliphatic carbocycles. The number of nitrogens with zero attached hydrogens (tertiary/aromatic N) is 6. The van der Waals surface area contributed by atoms with Crippen molar-refractivity contribution in [3.63, 3.8) is 0 Å². The Morgan fingerprint density at radius 3 is 2.83 bits per heavy atom. The monoisotopic (exact) mass is 325 g/mol. The summed E-state index contributed by atoms with van der Waals surface area (Å²) in [6.07, 6.45) is 8.93. The summed E-state index contributed by atoms with van der Waals surface area (Å²) in [6.45, 7) is 0. The van der Waals surface area contributed by atoms with Crippen molar-refractivity contribution in [2.24, 2.45) is 7.05 Å². The second kappa shape index (κ2) is 6.03. The van der Waals surface area contributed by atoms with Gasteiger partial charge in [0.25, 0.3) is 5.56 Å². The van der Waals surface area contributed by atoms with Crippen LogP contribution in [0.3, 0.4) is 0 Å².